The molecule has 0 radical (unpaired) electrons. The summed E-state index contributed by atoms with van der Waals surface area (Å²) in [6.45, 7) is 4.72. The number of ether oxygens (including phenoxy) is 1. The lowest BCUT2D eigenvalue weighted by Gasteiger charge is -2.24. The van der Waals surface area contributed by atoms with Crippen LogP contribution >= 0.6 is 0 Å². The Balaban J connectivity index is 1.59. The monoisotopic (exact) mass is 471 g/mol. The van der Waals surface area contributed by atoms with Gasteiger partial charge in [0.15, 0.2) is 12.1 Å². The van der Waals surface area contributed by atoms with Crippen LogP contribution in [0.5, 0.6) is 0 Å². The van der Waals surface area contributed by atoms with Gasteiger partial charge in [0.05, 0.1) is 6.54 Å². The van der Waals surface area contributed by atoms with Crippen molar-refractivity contribution in [2.75, 3.05) is 11.9 Å². The molecule has 1 aliphatic rings. The van der Waals surface area contributed by atoms with Gasteiger partial charge in [-0.05, 0) is 48.7 Å². The molecular weight excluding hydrogens is 442 g/mol. The zero-order chi connectivity index (χ0) is 24.8. The van der Waals surface area contributed by atoms with Gasteiger partial charge in [-0.15, -0.1) is 0 Å². The summed E-state index contributed by atoms with van der Waals surface area (Å²) in [6.07, 6.45) is -0.582. The van der Waals surface area contributed by atoms with E-state index in [0.29, 0.717) is 23.4 Å². The molecule has 7 nitrogen and oxygen atoms in total. The van der Waals surface area contributed by atoms with Crippen LogP contribution in [0.2, 0.25) is 0 Å². The quantitative estimate of drug-likeness (QED) is 0.492. The van der Waals surface area contributed by atoms with Crippen LogP contribution in [0.4, 0.5) is 10.5 Å². The summed E-state index contributed by atoms with van der Waals surface area (Å²) < 4.78 is 5.73. The number of hydrogen-bond acceptors (Lipinski definition) is 4. The normalized spacial score (nSPS) is 17.1. The van der Waals surface area contributed by atoms with E-state index in [-0.39, 0.29) is 18.4 Å². The third kappa shape index (κ3) is 5.69. The van der Waals surface area contributed by atoms with Crippen molar-refractivity contribution in [3.63, 3.8) is 0 Å². The molecule has 7 heteroatoms. The van der Waals surface area contributed by atoms with Crippen molar-refractivity contribution in [3.8, 4) is 0 Å². The number of nitrogens with zero attached hydrogens (tertiary/aromatic N) is 1. The van der Waals surface area contributed by atoms with Gasteiger partial charge in [-0.1, -0.05) is 67.1 Å². The second kappa shape index (κ2) is 10.9. The van der Waals surface area contributed by atoms with Gasteiger partial charge in [0.25, 0.3) is 5.91 Å². The maximum atomic E-state index is 13.2. The van der Waals surface area contributed by atoms with E-state index >= 15 is 0 Å². The summed E-state index contributed by atoms with van der Waals surface area (Å²) >= 11 is 0. The van der Waals surface area contributed by atoms with Crippen LogP contribution in [0.25, 0.3) is 0 Å². The van der Waals surface area contributed by atoms with Gasteiger partial charge in [-0.2, -0.15) is 0 Å². The standard InChI is InChI=1S/C28H29N3O4/c1-3-16-29-27(33)24-25(35-28(34)31(24)18-20-14-12-19(2)13-15-20)22-10-7-11-23(17-22)30-26(32)21-8-5-4-6-9-21/h4-15,17,24-25H,3,16,18H2,1-2H3,(H,29,33)(H,30,32). The van der Waals surface area contributed by atoms with Crippen LogP contribution in [0, 0.1) is 6.92 Å². The first-order valence-electron chi connectivity index (χ1n) is 11.7. The van der Waals surface area contributed by atoms with Crippen molar-refractivity contribution >= 4 is 23.6 Å². The molecule has 3 amide bonds. The predicted molar refractivity (Wildman–Crippen MR) is 134 cm³/mol. The van der Waals surface area contributed by atoms with E-state index in [1.807, 2.05) is 44.2 Å². The number of rotatable bonds is 8. The fraction of sp³-hybridized carbons (Fsp3) is 0.250. The third-order valence-electron chi connectivity index (χ3n) is 5.89. The van der Waals surface area contributed by atoms with Crippen molar-refractivity contribution in [1.82, 2.24) is 10.2 Å². The van der Waals surface area contributed by atoms with E-state index in [9.17, 15) is 14.4 Å². The lowest BCUT2D eigenvalue weighted by Crippen LogP contribution is -2.46. The number of hydrogen-bond donors (Lipinski definition) is 2. The SMILES string of the molecule is CCCNC(=O)C1C(c2cccc(NC(=O)c3ccccc3)c2)OC(=O)N1Cc1ccc(C)cc1. The number of carbonyl (C=O) groups is 3. The first-order valence-corrected chi connectivity index (χ1v) is 11.7. The summed E-state index contributed by atoms with van der Waals surface area (Å²) in [7, 11) is 0. The van der Waals surface area contributed by atoms with Crippen LogP contribution in [-0.4, -0.2) is 35.4 Å². The molecule has 1 saturated heterocycles. The average molecular weight is 472 g/mol. The predicted octanol–water partition coefficient (Wildman–Crippen LogP) is 4.84. The molecule has 0 aromatic heterocycles. The maximum absolute atomic E-state index is 13.2. The molecule has 2 N–H and O–H groups in total. The van der Waals surface area contributed by atoms with Gasteiger partial charge in [-0.25, -0.2) is 4.79 Å². The minimum absolute atomic E-state index is 0.246. The number of anilines is 1. The highest BCUT2D eigenvalue weighted by Gasteiger charge is 2.46. The second-order valence-corrected chi connectivity index (χ2v) is 8.60. The average Bonchev–Trinajstić information content (AvgIpc) is 3.20. The van der Waals surface area contributed by atoms with Gasteiger partial charge in [-0.3, -0.25) is 14.5 Å². The van der Waals surface area contributed by atoms with Crippen molar-refractivity contribution < 1.29 is 19.1 Å². The van der Waals surface area contributed by atoms with E-state index in [1.165, 1.54) is 4.90 Å². The van der Waals surface area contributed by atoms with E-state index in [2.05, 4.69) is 10.6 Å². The summed E-state index contributed by atoms with van der Waals surface area (Å²) in [4.78, 5) is 40.2. The van der Waals surface area contributed by atoms with Crippen molar-refractivity contribution in [2.45, 2.75) is 39.0 Å². The second-order valence-electron chi connectivity index (χ2n) is 8.60. The zero-order valence-corrected chi connectivity index (χ0v) is 19.9. The van der Waals surface area contributed by atoms with Gasteiger partial charge in [0.1, 0.15) is 0 Å². The van der Waals surface area contributed by atoms with Crippen LogP contribution in [-0.2, 0) is 16.1 Å². The lowest BCUT2D eigenvalue weighted by molar-refractivity contribution is -0.126. The first-order chi connectivity index (χ1) is 17.0. The number of cyclic esters (lactones) is 1. The molecule has 3 aromatic rings. The van der Waals surface area contributed by atoms with E-state index in [0.717, 1.165) is 17.5 Å². The molecule has 1 fully saturated rings. The molecule has 1 heterocycles. The Kier molecular flexibility index (Phi) is 7.45. The molecule has 35 heavy (non-hydrogen) atoms. The van der Waals surface area contributed by atoms with Crippen LogP contribution in [0.3, 0.4) is 0 Å². The molecule has 180 valence electrons. The van der Waals surface area contributed by atoms with Crippen molar-refractivity contribution in [1.29, 1.82) is 0 Å². The Morgan fingerprint density at radius 2 is 1.71 bits per heavy atom. The zero-order valence-electron chi connectivity index (χ0n) is 19.9. The maximum Gasteiger partial charge on any atom is 0.411 e. The Morgan fingerprint density at radius 3 is 2.43 bits per heavy atom. The summed E-state index contributed by atoms with van der Waals surface area (Å²) in [5, 5.41) is 5.78. The molecule has 0 spiro atoms. The molecular formula is C28H29N3O4. The lowest BCUT2D eigenvalue weighted by atomic mass is 10.00. The minimum atomic E-state index is -0.838. The molecule has 2 atom stereocenters. The Bertz CT molecular complexity index is 1190. The largest absolute Gasteiger partial charge is 0.438 e. The van der Waals surface area contributed by atoms with E-state index in [4.69, 9.17) is 4.74 Å². The third-order valence-corrected chi connectivity index (χ3v) is 5.89. The number of carbonyl (C=O) groups excluding carboxylic acids is 3. The highest BCUT2D eigenvalue weighted by atomic mass is 16.6. The fourth-order valence-electron chi connectivity index (χ4n) is 4.04. The van der Waals surface area contributed by atoms with Gasteiger partial charge in [0.2, 0.25) is 5.91 Å². The van der Waals surface area contributed by atoms with Crippen molar-refractivity contribution in [3.05, 3.63) is 101 Å². The molecule has 3 aromatic carbocycles. The van der Waals surface area contributed by atoms with Crippen LogP contribution in [0.15, 0.2) is 78.9 Å². The summed E-state index contributed by atoms with van der Waals surface area (Å²) in [6, 6.07) is 23.0. The summed E-state index contributed by atoms with van der Waals surface area (Å²) in [5.74, 6) is -0.516. The minimum Gasteiger partial charge on any atom is -0.438 e. The van der Waals surface area contributed by atoms with Crippen LogP contribution in [0.1, 0.15) is 46.5 Å². The molecule has 0 bridgehead atoms. The molecule has 0 saturated carbocycles. The number of amides is 3. The van der Waals surface area contributed by atoms with Gasteiger partial charge < -0.3 is 15.4 Å². The van der Waals surface area contributed by atoms with Gasteiger partial charge in [0, 0.05) is 17.8 Å². The Hall–Kier alpha value is -4.13. The smallest absolute Gasteiger partial charge is 0.411 e. The number of aryl methyl sites for hydroxylation is 1. The van der Waals surface area contributed by atoms with Crippen LogP contribution < -0.4 is 10.6 Å². The summed E-state index contributed by atoms with van der Waals surface area (Å²) in [5.41, 5.74) is 3.74. The Morgan fingerprint density at radius 1 is 0.971 bits per heavy atom. The van der Waals surface area contributed by atoms with Gasteiger partial charge >= 0.3 is 6.09 Å². The highest BCUT2D eigenvalue weighted by Crippen LogP contribution is 2.35. The first kappa shape index (κ1) is 24.0. The van der Waals surface area contributed by atoms with E-state index < -0.39 is 18.2 Å². The fourth-order valence-corrected chi connectivity index (χ4v) is 4.04. The number of nitrogens with one attached hydrogen (secondary N) is 2. The van der Waals surface area contributed by atoms with E-state index in [1.54, 1.807) is 48.5 Å². The topological polar surface area (TPSA) is 87.7 Å². The molecule has 0 aliphatic carbocycles. The Labute approximate surface area is 205 Å². The molecule has 4 rings (SSSR count). The highest BCUT2D eigenvalue weighted by molar-refractivity contribution is 6.04. The molecule has 1 aliphatic heterocycles. The molecule has 2 unspecified atom stereocenters. The van der Waals surface area contributed by atoms with Crippen molar-refractivity contribution in [2.24, 2.45) is 0 Å². The number of benzene rings is 3.